The highest BCUT2D eigenvalue weighted by molar-refractivity contribution is 4.80. The Labute approximate surface area is 132 Å². The minimum Gasteiger partial charge on any atom is -0.381 e. The third-order valence-corrected chi connectivity index (χ3v) is 3.80. The van der Waals surface area contributed by atoms with Crippen LogP contribution in [0, 0.1) is 11.8 Å². The Hall–Kier alpha value is -1.08. The summed E-state index contributed by atoms with van der Waals surface area (Å²) in [7, 11) is 0. The molecule has 0 saturated heterocycles. The average Bonchev–Trinajstić information content (AvgIpc) is 2.47. The highest BCUT2D eigenvalue weighted by atomic mass is 16.5. The van der Waals surface area contributed by atoms with Crippen molar-refractivity contribution in [3.05, 3.63) is 50.6 Å². The van der Waals surface area contributed by atoms with Crippen LogP contribution in [0.1, 0.15) is 51.4 Å². The van der Waals surface area contributed by atoms with Gasteiger partial charge in [0, 0.05) is 13.2 Å². The van der Waals surface area contributed by atoms with E-state index in [4.69, 9.17) is 4.74 Å². The molecule has 0 N–H and O–H groups in total. The van der Waals surface area contributed by atoms with Gasteiger partial charge in [0.25, 0.3) is 0 Å². The molecule has 0 spiro atoms. The topological polar surface area (TPSA) is 9.23 Å². The van der Waals surface area contributed by atoms with Gasteiger partial charge in [0.15, 0.2) is 0 Å². The van der Waals surface area contributed by atoms with Crippen molar-refractivity contribution < 1.29 is 4.74 Å². The average molecular weight is 290 g/mol. The molecule has 0 heterocycles. The summed E-state index contributed by atoms with van der Waals surface area (Å²) in [6.45, 7) is 17.0. The SMILES string of the molecule is C=CCC(CC=C)CCCOCCCC(CC=C)CC=C. The standard InChI is InChI=1S/C20H34O/c1-5-11-19(12-6-2)15-9-17-21-18-10-16-20(13-7-3)14-8-4/h5-8,19-20H,1-4,9-18H2. The molecule has 1 nitrogen and oxygen atoms in total. The van der Waals surface area contributed by atoms with E-state index in [0.717, 1.165) is 51.7 Å². The van der Waals surface area contributed by atoms with Crippen LogP contribution in [0.2, 0.25) is 0 Å². The van der Waals surface area contributed by atoms with Gasteiger partial charge in [0.2, 0.25) is 0 Å². The van der Waals surface area contributed by atoms with Crippen molar-refractivity contribution in [3.8, 4) is 0 Å². The molecule has 0 radical (unpaired) electrons. The van der Waals surface area contributed by atoms with E-state index >= 15 is 0 Å². The zero-order valence-electron chi connectivity index (χ0n) is 13.8. The van der Waals surface area contributed by atoms with Crippen LogP contribution in [-0.4, -0.2) is 13.2 Å². The zero-order valence-corrected chi connectivity index (χ0v) is 13.8. The Bertz CT molecular complexity index is 232. The molecule has 0 rings (SSSR count). The van der Waals surface area contributed by atoms with Crippen molar-refractivity contribution in [2.45, 2.75) is 51.4 Å². The first kappa shape index (κ1) is 19.9. The fourth-order valence-electron chi connectivity index (χ4n) is 2.66. The smallest absolute Gasteiger partial charge is 0.0466 e. The predicted octanol–water partition coefficient (Wildman–Crippen LogP) is 6.10. The maximum atomic E-state index is 5.74. The molecule has 21 heavy (non-hydrogen) atoms. The third kappa shape index (κ3) is 12.4. The largest absolute Gasteiger partial charge is 0.381 e. The van der Waals surface area contributed by atoms with Gasteiger partial charge in [0.05, 0.1) is 0 Å². The van der Waals surface area contributed by atoms with E-state index in [0.29, 0.717) is 11.8 Å². The number of rotatable bonds is 16. The summed E-state index contributed by atoms with van der Waals surface area (Å²) < 4.78 is 5.74. The first-order chi connectivity index (χ1) is 10.3. The normalized spacial score (nSPS) is 10.8. The van der Waals surface area contributed by atoms with Crippen molar-refractivity contribution >= 4 is 0 Å². The lowest BCUT2D eigenvalue weighted by molar-refractivity contribution is 0.120. The van der Waals surface area contributed by atoms with Gasteiger partial charge in [-0.1, -0.05) is 24.3 Å². The molecule has 1 heteroatoms. The maximum Gasteiger partial charge on any atom is 0.0466 e. The molecule has 0 aromatic rings. The van der Waals surface area contributed by atoms with Crippen molar-refractivity contribution in [1.82, 2.24) is 0 Å². The van der Waals surface area contributed by atoms with Gasteiger partial charge in [-0.15, -0.1) is 26.3 Å². The molecule has 0 aliphatic heterocycles. The fraction of sp³-hybridized carbons (Fsp3) is 0.600. The lowest BCUT2D eigenvalue weighted by Gasteiger charge is -2.14. The van der Waals surface area contributed by atoms with Gasteiger partial charge in [-0.2, -0.15) is 0 Å². The van der Waals surface area contributed by atoms with E-state index in [1.807, 2.05) is 24.3 Å². The Morgan fingerprint density at radius 3 is 1.24 bits per heavy atom. The van der Waals surface area contributed by atoms with Crippen molar-refractivity contribution in [2.24, 2.45) is 11.8 Å². The van der Waals surface area contributed by atoms with Crippen LogP contribution < -0.4 is 0 Å². The highest BCUT2D eigenvalue weighted by Gasteiger charge is 2.06. The second-order valence-electron chi connectivity index (χ2n) is 5.73. The van der Waals surface area contributed by atoms with Gasteiger partial charge in [-0.3, -0.25) is 0 Å². The van der Waals surface area contributed by atoms with E-state index in [2.05, 4.69) is 26.3 Å². The summed E-state index contributed by atoms with van der Waals surface area (Å²) in [5.74, 6) is 1.38. The van der Waals surface area contributed by atoms with Crippen LogP contribution in [0.3, 0.4) is 0 Å². The number of hydrogen-bond acceptors (Lipinski definition) is 1. The Balaban J connectivity index is 3.57. The number of hydrogen-bond donors (Lipinski definition) is 0. The van der Waals surface area contributed by atoms with Crippen LogP contribution in [0.5, 0.6) is 0 Å². The summed E-state index contributed by atoms with van der Waals surface area (Å²) in [5, 5.41) is 0. The Kier molecular flexibility index (Phi) is 14.5. The molecule has 0 aliphatic rings. The third-order valence-electron chi connectivity index (χ3n) is 3.80. The molecular weight excluding hydrogens is 256 g/mol. The van der Waals surface area contributed by atoms with E-state index in [9.17, 15) is 0 Å². The van der Waals surface area contributed by atoms with E-state index in [1.165, 1.54) is 12.8 Å². The Morgan fingerprint density at radius 2 is 0.952 bits per heavy atom. The first-order valence-corrected chi connectivity index (χ1v) is 8.29. The van der Waals surface area contributed by atoms with Crippen molar-refractivity contribution in [3.63, 3.8) is 0 Å². The Morgan fingerprint density at radius 1 is 0.619 bits per heavy atom. The van der Waals surface area contributed by atoms with Crippen LogP contribution >= 0.6 is 0 Å². The van der Waals surface area contributed by atoms with Gasteiger partial charge in [0.1, 0.15) is 0 Å². The second-order valence-corrected chi connectivity index (χ2v) is 5.73. The van der Waals surface area contributed by atoms with Crippen LogP contribution in [-0.2, 0) is 4.74 Å². The van der Waals surface area contributed by atoms with Crippen LogP contribution in [0.15, 0.2) is 50.6 Å². The number of ether oxygens (including phenoxy) is 1. The van der Waals surface area contributed by atoms with E-state index in [1.54, 1.807) is 0 Å². The van der Waals surface area contributed by atoms with Crippen molar-refractivity contribution in [2.75, 3.05) is 13.2 Å². The molecule has 0 atom stereocenters. The van der Waals surface area contributed by atoms with E-state index in [-0.39, 0.29) is 0 Å². The molecule has 0 fully saturated rings. The molecule has 120 valence electrons. The van der Waals surface area contributed by atoms with Gasteiger partial charge in [-0.05, 0) is 63.2 Å². The zero-order chi connectivity index (χ0) is 15.8. The van der Waals surface area contributed by atoms with Gasteiger partial charge >= 0.3 is 0 Å². The minimum absolute atomic E-state index is 0.688. The molecule has 0 bridgehead atoms. The summed E-state index contributed by atoms with van der Waals surface area (Å²) in [6.07, 6.45) is 17.0. The van der Waals surface area contributed by atoms with Crippen molar-refractivity contribution in [1.29, 1.82) is 0 Å². The highest BCUT2D eigenvalue weighted by Crippen LogP contribution is 2.18. The quantitative estimate of drug-likeness (QED) is 0.246. The molecule has 0 aromatic carbocycles. The predicted molar refractivity (Wildman–Crippen MR) is 95.5 cm³/mol. The summed E-state index contributed by atoms with van der Waals surface area (Å²) in [4.78, 5) is 0. The van der Waals surface area contributed by atoms with Crippen LogP contribution in [0.4, 0.5) is 0 Å². The van der Waals surface area contributed by atoms with E-state index < -0.39 is 0 Å². The maximum absolute atomic E-state index is 5.74. The van der Waals surface area contributed by atoms with Gasteiger partial charge < -0.3 is 4.74 Å². The van der Waals surface area contributed by atoms with Gasteiger partial charge in [-0.25, -0.2) is 0 Å². The monoisotopic (exact) mass is 290 g/mol. The molecule has 0 saturated carbocycles. The summed E-state index contributed by atoms with van der Waals surface area (Å²) in [5.41, 5.74) is 0. The lowest BCUT2D eigenvalue weighted by atomic mass is 9.96. The minimum atomic E-state index is 0.688. The molecule has 0 aliphatic carbocycles. The lowest BCUT2D eigenvalue weighted by Crippen LogP contribution is -2.04. The van der Waals surface area contributed by atoms with Crippen LogP contribution in [0.25, 0.3) is 0 Å². The molecule has 0 amide bonds. The second kappa shape index (κ2) is 15.3. The summed E-state index contributed by atoms with van der Waals surface area (Å²) in [6, 6.07) is 0. The number of allylic oxidation sites excluding steroid dienone is 4. The molecule has 0 aromatic heterocycles. The fourth-order valence-corrected chi connectivity index (χ4v) is 2.66. The molecular formula is C20H34O. The first-order valence-electron chi connectivity index (χ1n) is 8.29. The molecule has 0 unspecified atom stereocenters. The summed E-state index contributed by atoms with van der Waals surface area (Å²) >= 11 is 0.